The molecule has 0 aliphatic heterocycles. The van der Waals surface area contributed by atoms with Gasteiger partial charge in [0.25, 0.3) is 0 Å². The van der Waals surface area contributed by atoms with Crippen molar-refractivity contribution in [1.82, 2.24) is 4.98 Å². The maximum absolute atomic E-state index is 10.4. The Bertz CT molecular complexity index is 261. The molecule has 5 heteroatoms. The minimum atomic E-state index is -1.20. The zero-order valence-corrected chi connectivity index (χ0v) is 4.89. The third-order valence-electron chi connectivity index (χ3n) is 0.896. The van der Waals surface area contributed by atoms with Crippen LogP contribution < -0.4 is 4.73 Å². The van der Waals surface area contributed by atoms with Gasteiger partial charge in [0.1, 0.15) is 0 Å². The number of hydrogen-bond donors (Lipinski definition) is 1. The number of aromatic carboxylic acids is 1. The Balaban J connectivity index is 3.07. The van der Waals surface area contributed by atoms with E-state index in [0.717, 1.165) is 18.6 Å². The SMILES string of the molecule is O=C(O)c1c[n+]([O-])ccn1. The quantitative estimate of drug-likeness (QED) is 0.418. The van der Waals surface area contributed by atoms with E-state index in [-0.39, 0.29) is 5.69 Å². The molecular formula is C5H4N2O3. The van der Waals surface area contributed by atoms with Gasteiger partial charge in [-0.2, -0.15) is 4.73 Å². The van der Waals surface area contributed by atoms with E-state index in [4.69, 9.17) is 5.11 Å². The van der Waals surface area contributed by atoms with Crippen LogP contribution in [0.25, 0.3) is 0 Å². The van der Waals surface area contributed by atoms with Crippen molar-refractivity contribution in [1.29, 1.82) is 0 Å². The van der Waals surface area contributed by atoms with Gasteiger partial charge < -0.3 is 10.3 Å². The van der Waals surface area contributed by atoms with Crippen LogP contribution in [-0.2, 0) is 0 Å². The molecule has 0 atom stereocenters. The third kappa shape index (κ3) is 1.19. The monoisotopic (exact) mass is 140 g/mol. The minimum Gasteiger partial charge on any atom is -0.619 e. The lowest BCUT2D eigenvalue weighted by atomic mass is 10.5. The van der Waals surface area contributed by atoms with Gasteiger partial charge in [0, 0.05) is 0 Å². The topological polar surface area (TPSA) is 77.1 Å². The molecule has 0 spiro atoms. The van der Waals surface area contributed by atoms with Gasteiger partial charge in [0.05, 0.1) is 6.20 Å². The number of hydrogen-bond acceptors (Lipinski definition) is 3. The summed E-state index contributed by atoms with van der Waals surface area (Å²) in [7, 11) is 0. The fourth-order valence-corrected chi connectivity index (χ4v) is 0.487. The predicted octanol–water partition coefficient (Wildman–Crippen LogP) is -0.587. The van der Waals surface area contributed by atoms with Crippen LogP contribution in [0.4, 0.5) is 0 Å². The summed E-state index contributed by atoms with van der Waals surface area (Å²) in [6, 6.07) is 0. The Morgan fingerprint density at radius 2 is 2.50 bits per heavy atom. The van der Waals surface area contributed by atoms with Gasteiger partial charge in [-0.1, -0.05) is 0 Å². The molecule has 0 aliphatic carbocycles. The molecule has 10 heavy (non-hydrogen) atoms. The maximum Gasteiger partial charge on any atom is 0.360 e. The van der Waals surface area contributed by atoms with Crippen molar-refractivity contribution < 1.29 is 14.6 Å². The molecule has 0 fully saturated rings. The molecule has 1 heterocycles. The summed E-state index contributed by atoms with van der Waals surface area (Å²) in [4.78, 5) is 13.6. The van der Waals surface area contributed by atoms with E-state index in [1.54, 1.807) is 0 Å². The number of rotatable bonds is 1. The summed E-state index contributed by atoms with van der Waals surface area (Å²) in [5.74, 6) is -1.20. The molecule has 1 aromatic heterocycles. The molecule has 0 saturated carbocycles. The first kappa shape index (κ1) is 6.47. The lowest BCUT2D eigenvalue weighted by molar-refractivity contribution is -0.606. The van der Waals surface area contributed by atoms with Crippen molar-refractivity contribution in [2.24, 2.45) is 0 Å². The van der Waals surface area contributed by atoms with Gasteiger partial charge in [-0.05, 0) is 0 Å². The number of carbonyl (C=O) groups is 1. The summed E-state index contributed by atoms with van der Waals surface area (Å²) in [5, 5.41) is 18.7. The van der Waals surface area contributed by atoms with E-state index in [2.05, 4.69) is 4.98 Å². The largest absolute Gasteiger partial charge is 0.619 e. The second kappa shape index (κ2) is 2.30. The number of carboxylic acid groups (broad SMARTS) is 1. The molecule has 1 N–H and O–H groups in total. The van der Waals surface area contributed by atoms with Crippen molar-refractivity contribution in [3.05, 3.63) is 29.5 Å². The molecule has 5 nitrogen and oxygen atoms in total. The molecule has 0 bridgehead atoms. The van der Waals surface area contributed by atoms with E-state index in [1.165, 1.54) is 0 Å². The van der Waals surface area contributed by atoms with Crippen LogP contribution in [0, 0.1) is 5.21 Å². The Kier molecular flexibility index (Phi) is 1.49. The highest BCUT2D eigenvalue weighted by Crippen LogP contribution is 1.85. The first-order valence-corrected chi connectivity index (χ1v) is 2.48. The molecule has 0 aliphatic rings. The first-order valence-electron chi connectivity index (χ1n) is 2.48. The minimum absolute atomic E-state index is 0.252. The average Bonchev–Trinajstić information content (AvgIpc) is 1.88. The zero-order valence-electron chi connectivity index (χ0n) is 4.89. The van der Waals surface area contributed by atoms with Crippen molar-refractivity contribution in [3.63, 3.8) is 0 Å². The highest BCUT2D eigenvalue weighted by atomic mass is 16.5. The molecule has 52 valence electrons. The molecule has 1 rings (SSSR count). The standard InChI is InChI=1S/C5H4N2O3/c8-5(9)4-3-7(10)2-1-6-4/h1-3H,(H,8,9). The van der Waals surface area contributed by atoms with Gasteiger partial charge in [0.2, 0.25) is 11.9 Å². The highest BCUT2D eigenvalue weighted by Gasteiger charge is 2.06. The second-order valence-corrected chi connectivity index (χ2v) is 1.61. The first-order chi connectivity index (χ1) is 4.70. The van der Waals surface area contributed by atoms with Crippen molar-refractivity contribution in [3.8, 4) is 0 Å². The molecule has 1 aromatic rings. The average molecular weight is 140 g/mol. The fourth-order valence-electron chi connectivity index (χ4n) is 0.487. The van der Waals surface area contributed by atoms with Gasteiger partial charge >= 0.3 is 5.97 Å². The molecule has 0 unspecified atom stereocenters. The molecule has 0 radical (unpaired) electrons. The Labute approximate surface area is 56.1 Å². The molecular weight excluding hydrogens is 136 g/mol. The molecule has 0 amide bonds. The van der Waals surface area contributed by atoms with Crippen LogP contribution in [0.2, 0.25) is 0 Å². The lowest BCUT2D eigenvalue weighted by Crippen LogP contribution is -2.26. The third-order valence-corrected chi connectivity index (χ3v) is 0.896. The van der Waals surface area contributed by atoms with Crippen molar-refractivity contribution in [2.45, 2.75) is 0 Å². The summed E-state index contributed by atoms with van der Waals surface area (Å²) in [5.41, 5.74) is -0.252. The van der Waals surface area contributed by atoms with Gasteiger partial charge in [-0.3, -0.25) is 0 Å². The normalized spacial score (nSPS) is 9.20. The Morgan fingerprint density at radius 3 is 2.90 bits per heavy atom. The number of aromatic nitrogens is 2. The van der Waals surface area contributed by atoms with E-state index >= 15 is 0 Å². The van der Waals surface area contributed by atoms with Crippen LogP contribution in [0.3, 0.4) is 0 Å². The van der Waals surface area contributed by atoms with Crippen LogP contribution >= 0.6 is 0 Å². The van der Waals surface area contributed by atoms with Gasteiger partial charge in [-0.25, -0.2) is 9.78 Å². The van der Waals surface area contributed by atoms with E-state index in [1.807, 2.05) is 0 Å². The number of nitrogens with zero attached hydrogens (tertiary/aromatic N) is 2. The Hall–Kier alpha value is -1.65. The second-order valence-electron chi connectivity index (χ2n) is 1.61. The summed E-state index contributed by atoms with van der Waals surface area (Å²) >= 11 is 0. The van der Waals surface area contributed by atoms with E-state index < -0.39 is 5.97 Å². The predicted molar refractivity (Wildman–Crippen MR) is 30.2 cm³/mol. The fraction of sp³-hybridized carbons (Fsp3) is 0. The van der Waals surface area contributed by atoms with Crippen molar-refractivity contribution in [2.75, 3.05) is 0 Å². The van der Waals surface area contributed by atoms with Gasteiger partial charge in [0.15, 0.2) is 6.20 Å². The zero-order chi connectivity index (χ0) is 7.56. The summed E-state index contributed by atoms with van der Waals surface area (Å²) in [6.07, 6.45) is 3.14. The van der Waals surface area contributed by atoms with E-state index in [0.29, 0.717) is 4.73 Å². The van der Waals surface area contributed by atoms with E-state index in [9.17, 15) is 10.0 Å². The number of carboxylic acids is 1. The lowest BCUT2D eigenvalue weighted by Gasteiger charge is -1.93. The highest BCUT2D eigenvalue weighted by molar-refractivity contribution is 5.84. The Morgan fingerprint density at radius 1 is 1.80 bits per heavy atom. The van der Waals surface area contributed by atoms with Crippen LogP contribution in [-0.4, -0.2) is 16.1 Å². The summed E-state index contributed by atoms with van der Waals surface area (Å²) in [6.45, 7) is 0. The smallest absolute Gasteiger partial charge is 0.360 e. The van der Waals surface area contributed by atoms with Gasteiger partial charge in [-0.15, -0.1) is 0 Å². The molecule has 0 aromatic carbocycles. The van der Waals surface area contributed by atoms with Crippen LogP contribution in [0.5, 0.6) is 0 Å². The molecule has 0 saturated heterocycles. The summed E-state index contributed by atoms with van der Waals surface area (Å²) < 4.78 is 0.385. The van der Waals surface area contributed by atoms with Crippen LogP contribution in [0.1, 0.15) is 10.5 Å². The maximum atomic E-state index is 10.4. The van der Waals surface area contributed by atoms with Crippen LogP contribution in [0.15, 0.2) is 18.6 Å². The van der Waals surface area contributed by atoms with Crippen molar-refractivity contribution >= 4 is 5.97 Å².